The fourth-order valence-electron chi connectivity index (χ4n) is 1.46. The number of alkyl halides is 1. The van der Waals surface area contributed by atoms with Gasteiger partial charge < -0.3 is 4.74 Å². The highest BCUT2D eigenvalue weighted by molar-refractivity contribution is 6.17. The number of hydrogen-bond donors (Lipinski definition) is 0. The zero-order valence-electron chi connectivity index (χ0n) is 9.92. The van der Waals surface area contributed by atoms with Crippen LogP contribution in [0, 0.1) is 0 Å². The highest BCUT2D eigenvalue weighted by atomic mass is 35.5. The molecule has 0 aliphatic carbocycles. The summed E-state index contributed by atoms with van der Waals surface area (Å²) in [5, 5.41) is 0. The Bertz CT molecular complexity index is 274. The molecule has 0 N–H and O–H groups in total. The van der Waals surface area contributed by atoms with Crippen molar-refractivity contribution in [2.24, 2.45) is 0 Å². The number of aromatic nitrogens is 1. The van der Waals surface area contributed by atoms with Crippen molar-refractivity contribution in [3.63, 3.8) is 0 Å². The maximum absolute atomic E-state index is 5.67. The molecule has 1 aromatic rings. The largest absolute Gasteiger partial charge is 0.478 e. The van der Waals surface area contributed by atoms with E-state index in [0.717, 1.165) is 18.6 Å². The smallest absolute Gasteiger partial charge is 0.213 e. The van der Waals surface area contributed by atoms with Gasteiger partial charge in [0.05, 0.1) is 6.61 Å². The molecule has 16 heavy (non-hydrogen) atoms. The first kappa shape index (κ1) is 13.3. The molecule has 0 aliphatic heterocycles. The first-order valence-electron chi connectivity index (χ1n) is 6.00. The molecule has 90 valence electrons. The fraction of sp³-hybridized carbons (Fsp3) is 0.615. The van der Waals surface area contributed by atoms with Gasteiger partial charge in [-0.15, -0.1) is 11.6 Å². The Labute approximate surface area is 103 Å². The number of hydrogen-bond acceptors (Lipinski definition) is 2. The summed E-state index contributed by atoms with van der Waals surface area (Å²) in [6.45, 7) is 2.98. The summed E-state index contributed by atoms with van der Waals surface area (Å²) >= 11 is 5.67. The molecule has 2 nitrogen and oxygen atoms in total. The number of rotatable bonds is 8. The Balaban J connectivity index is 2.12. The highest BCUT2D eigenvalue weighted by Gasteiger charge is 1.96. The predicted molar refractivity (Wildman–Crippen MR) is 68.0 cm³/mol. The lowest BCUT2D eigenvalue weighted by Gasteiger charge is -2.05. The van der Waals surface area contributed by atoms with Crippen LogP contribution >= 0.6 is 11.6 Å². The van der Waals surface area contributed by atoms with Gasteiger partial charge in [-0.3, -0.25) is 0 Å². The predicted octanol–water partition coefficient (Wildman–Crippen LogP) is 4.17. The van der Waals surface area contributed by atoms with E-state index < -0.39 is 0 Å². The molecule has 1 rings (SSSR count). The lowest BCUT2D eigenvalue weighted by atomic mass is 10.2. The molecule has 0 saturated carbocycles. The van der Waals surface area contributed by atoms with Crippen LogP contribution in [-0.2, 0) is 5.88 Å². The van der Waals surface area contributed by atoms with Crippen LogP contribution in [-0.4, -0.2) is 11.6 Å². The van der Waals surface area contributed by atoms with E-state index in [1.807, 2.05) is 12.1 Å². The van der Waals surface area contributed by atoms with Gasteiger partial charge in [0.15, 0.2) is 0 Å². The SMILES string of the molecule is CCCCCCCOc1ccc(CCl)cn1. The number of nitrogens with zero attached hydrogens (tertiary/aromatic N) is 1. The molecule has 0 unspecified atom stereocenters. The van der Waals surface area contributed by atoms with E-state index in [2.05, 4.69) is 11.9 Å². The fourth-order valence-corrected chi connectivity index (χ4v) is 1.62. The summed E-state index contributed by atoms with van der Waals surface area (Å²) in [6.07, 6.45) is 8.02. The Hall–Kier alpha value is -0.760. The van der Waals surface area contributed by atoms with Crippen LogP contribution in [0.5, 0.6) is 5.88 Å². The van der Waals surface area contributed by atoms with Crippen LogP contribution in [0.4, 0.5) is 0 Å². The van der Waals surface area contributed by atoms with Gasteiger partial charge in [-0.05, 0) is 12.0 Å². The molecule has 0 saturated heterocycles. The molecule has 1 aromatic heterocycles. The minimum Gasteiger partial charge on any atom is -0.478 e. The Kier molecular flexibility index (Phi) is 6.98. The molecular weight excluding hydrogens is 222 g/mol. The lowest BCUT2D eigenvalue weighted by molar-refractivity contribution is 0.293. The van der Waals surface area contributed by atoms with E-state index in [1.54, 1.807) is 6.20 Å². The summed E-state index contributed by atoms with van der Waals surface area (Å²) in [4.78, 5) is 4.18. The molecule has 0 aliphatic rings. The third-order valence-corrected chi connectivity index (χ3v) is 2.76. The molecular formula is C13H20ClNO. The van der Waals surface area contributed by atoms with Crippen LogP contribution in [0.1, 0.15) is 44.6 Å². The topological polar surface area (TPSA) is 22.1 Å². The monoisotopic (exact) mass is 241 g/mol. The number of ether oxygens (including phenoxy) is 1. The molecule has 0 atom stereocenters. The van der Waals surface area contributed by atoms with Crippen molar-refractivity contribution >= 4 is 11.6 Å². The second kappa shape index (κ2) is 8.40. The van der Waals surface area contributed by atoms with Gasteiger partial charge in [0, 0.05) is 18.1 Å². The van der Waals surface area contributed by atoms with Crippen molar-refractivity contribution in [2.75, 3.05) is 6.61 Å². The van der Waals surface area contributed by atoms with Crippen molar-refractivity contribution in [1.29, 1.82) is 0 Å². The van der Waals surface area contributed by atoms with Crippen LogP contribution in [0.2, 0.25) is 0 Å². The van der Waals surface area contributed by atoms with E-state index in [0.29, 0.717) is 11.8 Å². The summed E-state index contributed by atoms with van der Waals surface area (Å²) in [5.41, 5.74) is 1.02. The molecule has 3 heteroatoms. The third-order valence-electron chi connectivity index (χ3n) is 2.45. The average Bonchev–Trinajstić information content (AvgIpc) is 2.34. The minimum atomic E-state index is 0.504. The molecule has 1 heterocycles. The van der Waals surface area contributed by atoms with Crippen LogP contribution in [0.15, 0.2) is 18.3 Å². The quantitative estimate of drug-likeness (QED) is 0.503. The number of unbranched alkanes of at least 4 members (excludes halogenated alkanes) is 4. The molecule has 0 amide bonds. The molecule has 0 aromatic carbocycles. The van der Waals surface area contributed by atoms with Crippen LogP contribution < -0.4 is 4.74 Å². The van der Waals surface area contributed by atoms with E-state index in [1.165, 1.54) is 25.7 Å². The lowest BCUT2D eigenvalue weighted by Crippen LogP contribution is -1.99. The summed E-state index contributed by atoms with van der Waals surface area (Å²) in [6, 6.07) is 3.83. The van der Waals surface area contributed by atoms with Gasteiger partial charge in [-0.2, -0.15) is 0 Å². The van der Waals surface area contributed by atoms with Gasteiger partial charge >= 0.3 is 0 Å². The van der Waals surface area contributed by atoms with Gasteiger partial charge in [-0.25, -0.2) is 4.98 Å². The molecule has 0 fully saturated rings. The molecule has 0 radical (unpaired) electrons. The maximum Gasteiger partial charge on any atom is 0.213 e. The van der Waals surface area contributed by atoms with Crippen molar-refractivity contribution in [1.82, 2.24) is 4.98 Å². The summed E-state index contributed by atoms with van der Waals surface area (Å²) in [7, 11) is 0. The molecule has 0 spiro atoms. The van der Waals surface area contributed by atoms with Crippen molar-refractivity contribution in [3.8, 4) is 5.88 Å². The highest BCUT2D eigenvalue weighted by Crippen LogP contribution is 2.10. The number of halogens is 1. The Morgan fingerprint density at radius 1 is 1.19 bits per heavy atom. The van der Waals surface area contributed by atoms with Crippen LogP contribution in [0.25, 0.3) is 0 Å². The third kappa shape index (κ3) is 5.36. The van der Waals surface area contributed by atoms with E-state index >= 15 is 0 Å². The van der Waals surface area contributed by atoms with E-state index in [9.17, 15) is 0 Å². The Morgan fingerprint density at radius 2 is 2.00 bits per heavy atom. The normalized spacial score (nSPS) is 10.4. The summed E-state index contributed by atoms with van der Waals surface area (Å²) < 4.78 is 5.53. The van der Waals surface area contributed by atoms with Gasteiger partial charge in [0.2, 0.25) is 5.88 Å². The van der Waals surface area contributed by atoms with Gasteiger partial charge in [0.1, 0.15) is 0 Å². The minimum absolute atomic E-state index is 0.504. The van der Waals surface area contributed by atoms with Crippen molar-refractivity contribution in [2.45, 2.75) is 44.9 Å². The maximum atomic E-state index is 5.67. The first-order chi connectivity index (χ1) is 7.86. The summed E-state index contributed by atoms with van der Waals surface area (Å²) in [5.74, 6) is 1.20. The van der Waals surface area contributed by atoms with Crippen molar-refractivity contribution < 1.29 is 4.74 Å². The molecule has 0 bridgehead atoms. The van der Waals surface area contributed by atoms with E-state index in [-0.39, 0.29) is 0 Å². The second-order valence-electron chi connectivity index (χ2n) is 3.90. The Morgan fingerprint density at radius 3 is 2.62 bits per heavy atom. The average molecular weight is 242 g/mol. The second-order valence-corrected chi connectivity index (χ2v) is 4.17. The zero-order chi connectivity index (χ0) is 11.6. The van der Waals surface area contributed by atoms with E-state index in [4.69, 9.17) is 16.3 Å². The van der Waals surface area contributed by atoms with Gasteiger partial charge in [0.25, 0.3) is 0 Å². The first-order valence-corrected chi connectivity index (χ1v) is 6.54. The van der Waals surface area contributed by atoms with Crippen molar-refractivity contribution in [3.05, 3.63) is 23.9 Å². The van der Waals surface area contributed by atoms with Crippen LogP contribution in [0.3, 0.4) is 0 Å². The van der Waals surface area contributed by atoms with Gasteiger partial charge in [-0.1, -0.05) is 38.7 Å². The zero-order valence-corrected chi connectivity index (χ0v) is 10.7. The standard InChI is InChI=1S/C13H20ClNO/c1-2-3-4-5-6-9-16-13-8-7-12(10-14)11-15-13/h7-8,11H,2-6,9-10H2,1H3. The number of pyridine rings is 1.